The molecule has 1 aliphatic heterocycles. The van der Waals surface area contributed by atoms with Crippen molar-refractivity contribution in [2.75, 3.05) is 32.8 Å². The Kier molecular flexibility index (Phi) is 5.71. The average molecular weight is 344 g/mol. The van der Waals surface area contributed by atoms with Gasteiger partial charge in [-0.1, -0.05) is 19.1 Å². The number of imidazole rings is 1. The molecule has 0 bridgehead atoms. The highest BCUT2D eigenvalue weighted by atomic mass is 16.5. The van der Waals surface area contributed by atoms with E-state index in [-0.39, 0.29) is 11.9 Å². The van der Waals surface area contributed by atoms with Crippen molar-refractivity contribution in [3.63, 3.8) is 0 Å². The molecule has 1 amide bonds. The number of hydrogen-bond acceptors (Lipinski definition) is 4. The van der Waals surface area contributed by atoms with Crippen LogP contribution in [-0.2, 0) is 16.0 Å². The van der Waals surface area contributed by atoms with Gasteiger partial charge in [-0.05, 0) is 32.5 Å². The van der Waals surface area contributed by atoms with Gasteiger partial charge in [0.15, 0.2) is 0 Å². The van der Waals surface area contributed by atoms with Crippen molar-refractivity contribution in [2.45, 2.75) is 39.3 Å². The minimum Gasteiger partial charge on any atom is -0.378 e. The highest BCUT2D eigenvalue weighted by Crippen LogP contribution is 2.21. The van der Waals surface area contributed by atoms with Crippen molar-refractivity contribution in [1.82, 2.24) is 19.8 Å². The van der Waals surface area contributed by atoms with E-state index in [0.29, 0.717) is 25.8 Å². The first-order chi connectivity index (χ1) is 12.1. The van der Waals surface area contributed by atoms with Crippen molar-refractivity contribution in [3.05, 3.63) is 30.1 Å². The van der Waals surface area contributed by atoms with Gasteiger partial charge >= 0.3 is 0 Å². The number of carbonyl (C=O) groups is 1. The van der Waals surface area contributed by atoms with E-state index in [4.69, 9.17) is 9.72 Å². The van der Waals surface area contributed by atoms with E-state index in [1.807, 2.05) is 18.2 Å². The number of hydrogen-bond donors (Lipinski definition) is 1. The summed E-state index contributed by atoms with van der Waals surface area (Å²) in [6.45, 7) is 9.85. The summed E-state index contributed by atoms with van der Waals surface area (Å²) in [5, 5.41) is 3.06. The van der Waals surface area contributed by atoms with Crippen molar-refractivity contribution in [1.29, 1.82) is 0 Å². The molecule has 6 nitrogen and oxygen atoms in total. The first-order valence-corrected chi connectivity index (χ1v) is 9.17. The topological polar surface area (TPSA) is 59.4 Å². The molecule has 136 valence electrons. The normalized spacial score (nSPS) is 18.8. The second kappa shape index (κ2) is 7.97. The van der Waals surface area contributed by atoms with Gasteiger partial charge in [0, 0.05) is 25.6 Å². The maximum Gasteiger partial charge on any atom is 0.239 e. The fourth-order valence-corrected chi connectivity index (χ4v) is 3.52. The van der Waals surface area contributed by atoms with Crippen LogP contribution in [0.2, 0.25) is 0 Å². The monoisotopic (exact) mass is 344 g/mol. The first-order valence-electron chi connectivity index (χ1n) is 9.17. The van der Waals surface area contributed by atoms with Gasteiger partial charge < -0.3 is 14.6 Å². The summed E-state index contributed by atoms with van der Waals surface area (Å²) in [6.07, 6.45) is 0.721. The average Bonchev–Trinajstić information content (AvgIpc) is 3.00. The Morgan fingerprint density at radius 1 is 1.40 bits per heavy atom. The van der Waals surface area contributed by atoms with Gasteiger partial charge in [-0.3, -0.25) is 9.69 Å². The third kappa shape index (κ3) is 3.85. The fraction of sp³-hybridized carbons (Fsp3) is 0.579. The van der Waals surface area contributed by atoms with Crippen molar-refractivity contribution in [2.24, 2.45) is 0 Å². The number of para-hydroxylation sites is 2. The number of carbonyl (C=O) groups excluding carboxylic acids is 1. The number of benzene rings is 1. The highest BCUT2D eigenvalue weighted by Gasteiger charge is 2.28. The summed E-state index contributed by atoms with van der Waals surface area (Å²) in [4.78, 5) is 19.4. The van der Waals surface area contributed by atoms with Crippen LogP contribution in [0.5, 0.6) is 0 Å². The molecule has 0 radical (unpaired) electrons. The molecular weight excluding hydrogens is 316 g/mol. The maximum absolute atomic E-state index is 12.5. The molecular formula is C19H28N4O2. The van der Waals surface area contributed by atoms with Gasteiger partial charge in [-0.15, -0.1) is 0 Å². The lowest BCUT2D eigenvalue weighted by molar-refractivity contribution is -0.132. The number of fused-ring (bicyclic) bond motifs is 1. The van der Waals surface area contributed by atoms with E-state index < -0.39 is 0 Å². The standard InChI is InChI=1S/C19H28N4O2/c1-4-22-11-12-25-13-17(22)19(24)20-10-9-18-21-15-7-5-6-8-16(15)23(18)14(2)3/h5-8,14,17H,4,9-13H2,1-3H3,(H,20,24)/t17-/m1/s1. The van der Waals surface area contributed by atoms with Crippen LogP contribution in [0.4, 0.5) is 0 Å². The van der Waals surface area contributed by atoms with Crippen LogP contribution in [0, 0.1) is 0 Å². The summed E-state index contributed by atoms with van der Waals surface area (Å²) in [6, 6.07) is 8.34. The zero-order valence-corrected chi connectivity index (χ0v) is 15.4. The fourth-order valence-electron chi connectivity index (χ4n) is 3.52. The summed E-state index contributed by atoms with van der Waals surface area (Å²) >= 11 is 0. The predicted octanol–water partition coefficient (Wildman–Crippen LogP) is 2.00. The lowest BCUT2D eigenvalue weighted by Gasteiger charge is -2.33. The van der Waals surface area contributed by atoms with E-state index in [9.17, 15) is 4.79 Å². The van der Waals surface area contributed by atoms with Crippen LogP contribution >= 0.6 is 0 Å². The number of amides is 1. The second-order valence-corrected chi connectivity index (χ2v) is 6.74. The maximum atomic E-state index is 12.5. The van der Waals surface area contributed by atoms with Gasteiger partial charge in [-0.2, -0.15) is 0 Å². The van der Waals surface area contributed by atoms with Crippen LogP contribution in [0.3, 0.4) is 0 Å². The first kappa shape index (κ1) is 17.9. The molecule has 1 aromatic heterocycles. The van der Waals surface area contributed by atoms with E-state index in [0.717, 1.165) is 36.4 Å². The summed E-state index contributed by atoms with van der Waals surface area (Å²) < 4.78 is 7.72. The molecule has 1 atom stereocenters. The van der Waals surface area contributed by atoms with E-state index >= 15 is 0 Å². The molecule has 0 spiro atoms. The van der Waals surface area contributed by atoms with Gasteiger partial charge in [0.1, 0.15) is 11.9 Å². The molecule has 1 aliphatic rings. The molecule has 2 aromatic rings. The van der Waals surface area contributed by atoms with E-state index in [2.05, 4.69) is 41.6 Å². The molecule has 3 rings (SSSR count). The van der Waals surface area contributed by atoms with Crippen LogP contribution < -0.4 is 5.32 Å². The third-order valence-electron chi connectivity index (χ3n) is 4.78. The van der Waals surface area contributed by atoms with Gasteiger partial charge in [0.05, 0.1) is 24.2 Å². The van der Waals surface area contributed by atoms with Crippen LogP contribution in [0.15, 0.2) is 24.3 Å². The predicted molar refractivity (Wildman–Crippen MR) is 98.7 cm³/mol. The van der Waals surface area contributed by atoms with Gasteiger partial charge in [0.25, 0.3) is 0 Å². The Hall–Kier alpha value is -1.92. The van der Waals surface area contributed by atoms with Crippen molar-refractivity contribution < 1.29 is 9.53 Å². The van der Waals surface area contributed by atoms with Crippen LogP contribution in [0.25, 0.3) is 11.0 Å². The second-order valence-electron chi connectivity index (χ2n) is 6.74. The molecule has 0 saturated carbocycles. The molecule has 0 unspecified atom stereocenters. The number of rotatable bonds is 6. The number of morpholine rings is 1. The summed E-state index contributed by atoms with van der Waals surface area (Å²) in [5.74, 6) is 1.07. The SMILES string of the molecule is CCN1CCOC[C@@H]1C(=O)NCCc1nc2ccccc2n1C(C)C. The third-order valence-corrected chi connectivity index (χ3v) is 4.78. The quantitative estimate of drug-likeness (QED) is 0.871. The van der Waals surface area contributed by atoms with Crippen LogP contribution in [-0.4, -0.2) is 59.2 Å². The molecule has 2 heterocycles. The Bertz CT molecular complexity index is 725. The lowest BCUT2D eigenvalue weighted by Crippen LogP contribution is -2.53. The van der Waals surface area contributed by atoms with Crippen molar-refractivity contribution in [3.8, 4) is 0 Å². The van der Waals surface area contributed by atoms with Crippen molar-refractivity contribution >= 4 is 16.9 Å². The van der Waals surface area contributed by atoms with Gasteiger partial charge in [0.2, 0.25) is 5.91 Å². The number of nitrogens with one attached hydrogen (secondary N) is 1. The Labute approximate surface area is 149 Å². The highest BCUT2D eigenvalue weighted by molar-refractivity contribution is 5.82. The zero-order valence-electron chi connectivity index (χ0n) is 15.4. The van der Waals surface area contributed by atoms with E-state index in [1.165, 1.54) is 0 Å². The molecule has 25 heavy (non-hydrogen) atoms. The number of aromatic nitrogens is 2. The minimum atomic E-state index is -0.178. The molecule has 0 aliphatic carbocycles. The molecule has 1 fully saturated rings. The van der Waals surface area contributed by atoms with Gasteiger partial charge in [-0.25, -0.2) is 4.98 Å². The molecule has 6 heteroatoms. The molecule has 1 N–H and O–H groups in total. The summed E-state index contributed by atoms with van der Waals surface area (Å²) in [7, 11) is 0. The molecule has 1 saturated heterocycles. The Morgan fingerprint density at radius 3 is 2.96 bits per heavy atom. The Morgan fingerprint density at radius 2 is 2.20 bits per heavy atom. The van der Waals surface area contributed by atoms with Crippen LogP contribution in [0.1, 0.15) is 32.6 Å². The Balaban J connectivity index is 1.65. The number of likely N-dealkylation sites (N-methyl/N-ethyl adjacent to an activating group) is 1. The molecule has 1 aromatic carbocycles. The largest absolute Gasteiger partial charge is 0.378 e. The summed E-state index contributed by atoms with van der Waals surface area (Å²) in [5.41, 5.74) is 2.16. The van der Waals surface area contributed by atoms with E-state index in [1.54, 1.807) is 0 Å². The zero-order chi connectivity index (χ0) is 17.8. The number of nitrogens with zero attached hydrogens (tertiary/aromatic N) is 3. The lowest BCUT2D eigenvalue weighted by atomic mass is 10.2. The number of ether oxygens (including phenoxy) is 1. The minimum absolute atomic E-state index is 0.0498. The smallest absolute Gasteiger partial charge is 0.239 e.